The van der Waals surface area contributed by atoms with Gasteiger partial charge in [-0.2, -0.15) is 0 Å². The van der Waals surface area contributed by atoms with E-state index in [0.29, 0.717) is 0 Å². The van der Waals surface area contributed by atoms with Crippen molar-refractivity contribution in [1.82, 2.24) is 0 Å². The monoisotopic (exact) mass is 195 g/mol. The Hall–Kier alpha value is -0.890. The maximum atomic E-state index is 13.0. The van der Waals surface area contributed by atoms with Crippen molar-refractivity contribution < 1.29 is 4.39 Å². The van der Waals surface area contributed by atoms with Gasteiger partial charge < -0.3 is 5.73 Å². The second-order valence-electron chi connectivity index (χ2n) is 3.74. The molecule has 0 aliphatic heterocycles. The van der Waals surface area contributed by atoms with Gasteiger partial charge in [-0.3, -0.25) is 0 Å². The largest absolute Gasteiger partial charge is 0.324 e. The zero-order valence-corrected chi connectivity index (χ0v) is 8.89. The first kappa shape index (κ1) is 11.2. The zero-order valence-electron chi connectivity index (χ0n) is 8.89. The number of halogens is 1. The molecule has 0 spiro atoms. The molecule has 0 saturated carbocycles. The van der Waals surface area contributed by atoms with Gasteiger partial charge in [-0.1, -0.05) is 19.4 Å². The number of rotatable bonds is 4. The van der Waals surface area contributed by atoms with E-state index >= 15 is 0 Å². The predicted molar refractivity (Wildman–Crippen MR) is 57.6 cm³/mol. The van der Waals surface area contributed by atoms with Crippen LogP contribution in [0.3, 0.4) is 0 Å². The summed E-state index contributed by atoms with van der Waals surface area (Å²) in [5.41, 5.74) is 7.94. The van der Waals surface area contributed by atoms with Crippen LogP contribution in [0, 0.1) is 5.82 Å². The van der Waals surface area contributed by atoms with Crippen LogP contribution in [-0.2, 0) is 6.42 Å². The highest BCUT2D eigenvalue weighted by molar-refractivity contribution is 5.30. The molecule has 1 rings (SSSR count). The van der Waals surface area contributed by atoms with Gasteiger partial charge in [-0.25, -0.2) is 4.39 Å². The van der Waals surface area contributed by atoms with Crippen LogP contribution < -0.4 is 5.73 Å². The normalized spacial score (nSPS) is 12.9. The standard InChI is InChI=1S/C12H18FN/c1-3-4-5-10-8-11(13)6-7-12(10)9(2)14/h6-9H,3-5,14H2,1-2H3. The van der Waals surface area contributed by atoms with Gasteiger partial charge in [-0.05, 0) is 43.0 Å². The highest BCUT2D eigenvalue weighted by Crippen LogP contribution is 2.19. The number of unbranched alkanes of at least 4 members (excludes halogenated alkanes) is 1. The summed E-state index contributed by atoms with van der Waals surface area (Å²) in [5, 5.41) is 0. The van der Waals surface area contributed by atoms with Crippen LogP contribution in [0.2, 0.25) is 0 Å². The molecule has 1 nitrogen and oxygen atoms in total. The second-order valence-corrected chi connectivity index (χ2v) is 3.74. The highest BCUT2D eigenvalue weighted by atomic mass is 19.1. The third kappa shape index (κ3) is 2.81. The van der Waals surface area contributed by atoms with Crippen molar-refractivity contribution in [2.24, 2.45) is 5.73 Å². The summed E-state index contributed by atoms with van der Waals surface area (Å²) < 4.78 is 13.0. The minimum Gasteiger partial charge on any atom is -0.324 e. The Morgan fingerprint density at radius 2 is 2.14 bits per heavy atom. The van der Waals surface area contributed by atoms with E-state index in [0.717, 1.165) is 30.4 Å². The molecule has 78 valence electrons. The number of aryl methyl sites for hydroxylation is 1. The third-order valence-corrected chi connectivity index (χ3v) is 2.40. The van der Waals surface area contributed by atoms with Crippen molar-refractivity contribution in [2.75, 3.05) is 0 Å². The van der Waals surface area contributed by atoms with Crippen molar-refractivity contribution in [3.05, 3.63) is 35.1 Å². The van der Waals surface area contributed by atoms with Gasteiger partial charge in [0, 0.05) is 6.04 Å². The maximum Gasteiger partial charge on any atom is 0.123 e. The topological polar surface area (TPSA) is 26.0 Å². The molecule has 0 radical (unpaired) electrons. The SMILES string of the molecule is CCCCc1cc(F)ccc1C(C)N. The summed E-state index contributed by atoms with van der Waals surface area (Å²) >= 11 is 0. The van der Waals surface area contributed by atoms with E-state index < -0.39 is 0 Å². The Balaban J connectivity index is 2.91. The minimum absolute atomic E-state index is 0.0116. The molecule has 14 heavy (non-hydrogen) atoms. The molecule has 0 aliphatic carbocycles. The molecule has 1 atom stereocenters. The van der Waals surface area contributed by atoms with E-state index in [2.05, 4.69) is 6.92 Å². The Morgan fingerprint density at radius 3 is 2.71 bits per heavy atom. The van der Waals surface area contributed by atoms with Gasteiger partial charge in [0.2, 0.25) is 0 Å². The van der Waals surface area contributed by atoms with Crippen LogP contribution in [0.25, 0.3) is 0 Å². The first-order valence-corrected chi connectivity index (χ1v) is 5.19. The van der Waals surface area contributed by atoms with Crippen LogP contribution >= 0.6 is 0 Å². The fraction of sp³-hybridized carbons (Fsp3) is 0.500. The lowest BCUT2D eigenvalue weighted by molar-refractivity contribution is 0.620. The van der Waals surface area contributed by atoms with E-state index in [9.17, 15) is 4.39 Å². The molecule has 2 heteroatoms. The summed E-state index contributed by atoms with van der Waals surface area (Å²) in [5.74, 6) is -0.166. The fourth-order valence-electron chi connectivity index (χ4n) is 1.60. The summed E-state index contributed by atoms with van der Waals surface area (Å²) in [6.45, 7) is 4.06. The lowest BCUT2D eigenvalue weighted by Crippen LogP contribution is -2.08. The Kier molecular flexibility index (Phi) is 4.08. The van der Waals surface area contributed by atoms with Crippen LogP contribution in [0.1, 0.15) is 43.9 Å². The summed E-state index contributed by atoms with van der Waals surface area (Å²) in [6.07, 6.45) is 3.13. The Morgan fingerprint density at radius 1 is 1.43 bits per heavy atom. The second kappa shape index (κ2) is 5.11. The molecule has 1 aromatic carbocycles. The van der Waals surface area contributed by atoms with Crippen LogP contribution in [0.5, 0.6) is 0 Å². The van der Waals surface area contributed by atoms with Gasteiger partial charge in [0.05, 0.1) is 0 Å². The predicted octanol–water partition coefficient (Wildman–Crippen LogP) is 3.19. The fourth-order valence-corrected chi connectivity index (χ4v) is 1.60. The molecule has 0 fully saturated rings. The van der Waals surface area contributed by atoms with Crippen LogP contribution in [0.4, 0.5) is 4.39 Å². The van der Waals surface area contributed by atoms with E-state index in [4.69, 9.17) is 5.73 Å². The first-order chi connectivity index (χ1) is 6.65. The van der Waals surface area contributed by atoms with Crippen molar-refractivity contribution >= 4 is 0 Å². The molecule has 1 aromatic rings. The van der Waals surface area contributed by atoms with E-state index in [1.54, 1.807) is 12.1 Å². The Bertz CT molecular complexity index is 294. The first-order valence-electron chi connectivity index (χ1n) is 5.19. The Labute approximate surface area is 85.1 Å². The number of benzene rings is 1. The molecular weight excluding hydrogens is 177 g/mol. The van der Waals surface area contributed by atoms with Gasteiger partial charge in [-0.15, -0.1) is 0 Å². The van der Waals surface area contributed by atoms with Gasteiger partial charge in [0.15, 0.2) is 0 Å². The summed E-state index contributed by atoms with van der Waals surface area (Å²) in [6, 6.07) is 4.87. The summed E-state index contributed by atoms with van der Waals surface area (Å²) in [7, 11) is 0. The molecule has 0 saturated heterocycles. The van der Waals surface area contributed by atoms with Crippen LogP contribution in [0.15, 0.2) is 18.2 Å². The van der Waals surface area contributed by atoms with Gasteiger partial charge in [0.1, 0.15) is 5.82 Å². The van der Waals surface area contributed by atoms with Crippen molar-refractivity contribution in [1.29, 1.82) is 0 Å². The lowest BCUT2D eigenvalue weighted by atomic mass is 9.98. The molecule has 0 aromatic heterocycles. The average molecular weight is 195 g/mol. The lowest BCUT2D eigenvalue weighted by Gasteiger charge is -2.12. The van der Waals surface area contributed by atoms with Gasteiger partial charge in [0.25, 0.3) is 0 Å². The van der Waals surface area contributed by atoms with Crippen LogP contribution in [-0.4, -0.2) is 0 Å². The molecule has 2 N–H and O–H groups in total. The highest BCUT2D eigenvalue weighted by Gasteiger charge is 2.07. The molecule has 0 aliphatic rings. The smallest absolute Gasteiger partial charge is 0.123 e. The van der Waals surface area contributed by atoms with Crippen molar-refractivity contribution in [3.63, 3.8) is 0 Å². The summed E-state index contributed by atoms with van der Waals surface area (Å²) in [4.78, 5) is 0. The van der Waals surface area contributed by atoms with E-state index in [-0.39, 0.29) is 11.9 Å². The maximum absolute atomic E-state index is 13.0. The van der Waals surface area contributed by atoms with E-state index in [1.165, 1.54) is 6.07 Å². The molecule has 0 heterocycles. The molecule has 0 amide bonds. The van der Waals surface area contributed by atoms with Gasteiger partial charge >= 0.3 is 0 Å². The number of nitrogens with two attached hydrogens (primary N) is 1. The minimum atomic E-state index is -0.166. The third-order valence-electron chi connectivity index (χ3n) is 2.40. The molecule has 0 bridgehead atoms. The van der Waals surface area contributed by atoms with E-state index in [1.807, 2.05) is 6.92 Å². The zero-order chi connectivity index (χ0) is 10.6. The van der Waals surface area contributed by atoms with Crippen molar-refractivity contribution in [2.45, 2.75) is 39.2 Å². The number of hydrogen-bond donors (Lipinski definition) is 1. The molecular formula is C12H18FN. The quantitative estimate of drug-likeness (QED) is 0.784. The molecule has 1 unspecified atom stereocenters. The average Bonchev–Trinajstić information content (AvgIpc) is 2.14. The number of hydrogen-bond acceptors (Lipinski definition) is 1. The van der Waals surface area contributed by atoms with Crippen molar-refractivity contribution in [3.8, 4) is 0 Å².